The van der Waals surface area contributed by atoms with Gasteiger partial charge in [-0.25, -0.2) is 0 Å². The molecule has 6 heteroatoms. The van der Waals surface area contributed by atoms with Crippen LogP contribution < -0.4 is 0 Å². The summed E-state index contributed by atoms with van der Waals surface area (Å²) in [4.78, 5) is 38.2. The largest absolute Gasteiger partial charge is 0.462 e. The van der Waals surface area contributed by atoms with Crippen molar-refractivity contribution in [2.45, 2.75) is 335 Å². The quantitative estimate of drug-likeness (QED) is 0.0261. The smallest absolute Gasteiger partial charge is 0.306 e. The molecular weight excluding hydrogens is 925 g/mol. The van der Waals surface area contributed by atoms with E-state index in [1.54, 1.807) is 0 Å². The van der Waals surface area contributed by atoms with Crippen LogP contribution >= 0.6 is 0 Å². The molecule has 0 bridgehead atoms. The van der Waals surface area contributed by atoms with Gasteiger partial charge in [-0.05, 0) is 77.0 Å². The second kappa shape index (κ2) is 63.4. The molecule has 0 spiro atoms. The second-order valence-corrected chi connectivity index (χ2v) is 21.6. The van der Waals surface area contributed by atoms with E-state index in [2.05, 4.69) is 87.6 Å². The molecule has 0 aromatic carbocycles. The zero-order valence-electron chi connectivity index (χ0n) is 49.8. The molecule has 0 heterocycles. The van der Waals surface area contributed by atoms with Gasteiger partial charge in [0.25, 0.3) is 0 Å². The average molecular weight is 1050 g/mol. The summed E-state index contributed by atoms with van der Waals surface area (Å²) >= 11 is 0. The lowest BCUT2D eigenvalue weighted by atomic mass is 10.0. The van der Waals surface area contributed by atoms with E-state index < -0.39 is 6.10 Å². The van der Waals surface area contributed by atoms with Crippen LogP contribution in [0.15, 0.2) is 72.9 Å². The minimum atomic E-state index is -0.806. The molecule has 0 amide bonds. The first kappa shape index (κ1) is 71.8. The molecule has 0 radical (unpaired) electrons. The normalized spacial score (nSPS) is 12.5. The number of hydrogen-bond donors (Lipinski definition) is 0. The molecule has 75 heavy (non-hydrogen) atoms. The molecule has 0 aromatic rings. The van der Waals surface area contributed by atoms with Gasteiger partial charge in [-0.2, -0.15) is 0 Å². The number of carbonyl (C=O) groups is 3. The van der Waals surface area contributed by atoms with Gasteiger partial charge in [0, 0.05) is 19.3 Å². The minimum Gasteiger partial charge on any atom is -0.462 e. The lowest BCUT2D eigenvalue weighted by molar-refractivity contribution is -0.166. The summed E-state index contributed by atoms with van der Waals surface area (Å²) in [7, 11) is 0. The Hall–Kier alpha value is -3.15. The van der Waals surface area contributed by atoms with Crippen LogP contribution in [-0.4, -0.2) is 37.2 Å². The highest BCUT2D eigenvalue weighted by Gasteiger charge is 2.19. The van der Waals surface area contributed by atoms with Gasteiger partial charge in [0.2, 0.25) is 0 Å². The maximum Gasteiger partial charge on any atom is 0.306 e. The van der Waals surface area contributed by atoms with E-state index in [1.165, 1.54) is 212 Å². The SMILES string of the molecule is CC/C=C\C/C=C\C/C=C\C/C=C\CCC(=O)OCC(COC(=O)CCCCCCCCCCCCCCCCCCCCCCCCCCC)OC(=O)CCCCCCCCCCC/C=C\C/C=C\CCCCC. The molecule has 6 nitrogen and oxygen atoms in total. The predicted octanol–water partition coefficient (Wildman–Crippen LogP) is 22.1. The molecular formula is C69H122O6. The van der Waals surface area contributed by atoms with E-state index in [1.807, 2.05) is 6.08 Å². The highest BCUT2D eigenvalue weighted by Crippen LogP contribution is 2.17. The fourth-order valence-corrected chi connectivity index (χ4v) is 9.37. The molecule has 0 saturated heterocycles. The average Bonchev–Trinajstić information content (AvgIpc) is 3.41. The van der Waals surface area contributed by atoms with Crippen LogP contribution in [0.1, 0.15) is 329 Å². The number of carbonyl (C=O) groups excluding carboxylic acids is 3. The van der Waals surface area contributed by atoms with Crippen LogP contribution in [0.2, 0.25) is 0 Å². The number of allylic oxidation sites excluding steroid dienone is 12. The predicted molar refractivity (Wildman–Crippen MR) is 325 cm³/mol. The summed E-state index contributed by atoms with van der Waals surface area (Å²) in [6.07, 6.45) is 82.2. The van der Waals surface area contributed by atoms with Crippen molar-refractivity contribution in [3.05, 3.63) is 72.9 Å². The fourth-order valence-electron chi connectivity index (χ4n) is 9.37. The molecule has 0 N–H and O–H groups in total. The van der Waals surface area contributed by atoms with Gasteiger partial charge in [-0.1, -0.05) is 306 Å². The summed E-state index contributed by atoms with van der Waals surface area (Å²) in [6.45, 7) is 6.48. The monoisotopic (exact) mass is 1050 g/mol. The van der Waals surface area contributed by atoms with Crippen molar-refractivity contribution in [2.75, 3.05) is 13.2 Å². The molecule has 0 aliphatic heterocycles. The zero-order valence-corrected chi connectivity index (χ0v) is 49.8. The van der Waals surface area contributed by atoms with E-state index >= 15 is 0 Å². The Bertz CT molecular complexity index is 1390. The second-order valence-electron chi connectivity index (χ2n) is 21.6. The summed E-state index contributed by atoms with van der Waals surface area (Å²) in [5.74, 6) is -0.971. The molecule has 0 aromatic heterocycles. The van der Waals surface area contributed by atoms with Gasteiger partial charge in [0.15, 0.2) is 6.10 Å². The van der Waals surface area contributed by atoms with E-state index in [9.17, 15) is 14.4 Å². The van der Waals surface area contributed by atoms with Crippen molar-refractivity contribution in [1.29, 1.82) is 0 Å². The first-order chi connectivity index (χ1) is 37.0. The van der Waals surface area contributed by atoms with Crippen molar-refractivity contribution >= 4 is 17.9 Å². The lowest BCUT2D eigenvalue weighted by Crippen LogP contribution is -2.30. The molecule has 0 aliphatic rings. The third kappa shape index (κ3) is 61.6. The van der Waals surface area contributed by atoms with Crippen LogP contribution in [-0.2, 0) is 28.6 Å². The van der Waals surface area contributed by atoms with Crippen LogP contribution in [0.4, 0.5) is 0 Å². The maximum atomic E-state index is 12.9. The van der Waals surface area contributed by atoms with Gasteiger partial charge >= 0.3 is 17.9 Å². The van der Waals surface area contributed by atoms with Gasteiger partial charge in [0.05, 0.1) is 0 Å². The summed E-state index contributed by atoms with van der Waals surface area (Å²) < 4.78 is 16.9. The van der Waals surface area contributed by atoms with Gasteiger partial charge in [-0.3, -0.25) is 14.4 Å². The van der Waals surface area contributed by atoms with Gasteiger partial charge in [-0.15, -0.1) is 0 Å². The Morgan fingerprint density at radius 2 is 0.547 bits per heavy atom. The van der Waals surface area contributed by atoms with E-state index in [0.717, 1.165) is 70.6 Å². The number of ether oxygens (including phenoxy) is 3. The topological polar surface area (TPSA) is 78.9 Å². The van der Waals surface area contributed by atoms with E-state index in [4.69, 9.17) is 14.2 Å². The Kier molecular flexibility index (Phi) is 60.7. The van der Waals surface area contributed by atoms with Crippen molar-refractivity contribution in [3.8, 4) is 0 Å². The standard InChI is InChI=1S/C69H122O6/c1-4-7-10-13-16-19-22-25-27-29-31-32-33-34-35-36-38-39-41-44-47-50-53-56-59-62-68(71)74-65-66(64-73-67(70)61-58-55-52-49-46-43-24-21-18-15-12-9-6-3)75-69(72)63-60-57-54-51-48-45-42-40-37-30-28-26-23-20-17-14-11-8-5-2/h9,12,17-18,20-21,26,28,43,46,52,55,66H,4-8,10-11,13-16,19,22-25,27,29-42,44-45,47-51,53-54,56-65H2,1-3H3/b12-9-,20-17-,21-18-,28-26-,46-43-,55-52-. The Morgan fingerprint density at radius 3 is 0.920 bits per heavy atom. The van der Waals surface area contributed by atoms with Crippen molar-refractivity contribution in [2.24, 2.45) is 0 Å². The molecule has 0 aliphatic carbocycles. The van der Waals surface area contributed by atoms with E-state index in [0.29, 0.717) is 19.3 Å². The first-order valence-corrected chi connectivity index (χ1v) is 32.4. The number of esters is 3. The molecule has 1 atom stereocenters. The van der Waals surface area contributed by atoms with Gasteiger partial charge in [0.1, 0.15) is 13.2 Å². The highest BCUT2D eigenvalue weighted by atomic mass is 16.6. The van der Waals surface area contributed by atoms with Crippen LogP contribution in [0.5, 0.6) is 0 Å². The molecule has 0 saturated carbocycles. The third-order valence-corrected chi connectivity index (χ3v) is 14.2. The molecule has 0 rings (SSSR count). The summed E-state index contributed by atoms with van der Waals surface area (Å²) in [5, 5.41) is 0. The number of unbranched alkanes of at least 4 members (excludes halogenated alkanes) is 36. The summed E-state index contributed by atoms with van der Waals surface area (Å²) in [6, 6.07) is 0. The highest BCUT2D eigenvalue weighted by molar-refractivity contribution is 5.71. The van der Waals surface area contributed by atoms with Crippen LogP contribution in [0.3, 0.4) is 0 Å². The Balaban J connectivity index is 4.30. The fraction of sp³-hybridized carbons (Fsp3) is 0.783. The first-order valence-electron chi connectivity index (χ1n) is 32.4. The lowest BCUT2D eigenvalue weighted by Gasteiger charge is -2.18. The third-order valence-electron chi connectivity index (χ3n) is 14.2. The summed E-state index contributed by atoms with van der Waals surface area (Å²) in [5.41, 5.74) is 0. The Morgan fingerprint density at radius 1 is 0.280 bits per heavy atom. The number of rotatable bonds is 59. The molecule has 0 fully saturated rings. The molecule has 434 valence electrons. The molecule has 1 unspecified atom stereocenters. The number of hydrogen-bond acceptors (Lipinski definition) is 6. The van der Waals surface area contributed by atoms with Gasteiger partial charge < -0.3 is 14.2 Å². The minimum absolute atomic E-state index is 0.0962. The van der Waals surface area contributed by atoms with Crippen molar-refractivity contribution < 1.29 is 28.6 Å². The van der Waals surface area contributed by atoms with E-state index in [-0.39, 0.29) is 37.5 Å². The Labute approximate surface area is 465 Å². The van der Waals surface area contributed by atoms with Crippen LogP contribution in [0, 0.1) is 0 Å². The van der Waals surface area contributed by atoms with Crippen molar-refractivity contribution in [1.82, 2.24) is 0 Å². The zero-order chi connectivity index (χ0) is 54.3. The maximum absolute atomic E-state index is 12.9. The van der Waals surface area contributed by atoms with Crippen LogP contribution in [0.25, 0.3) is 0 Å². The van der Waals surface area contributed by atoms with Crippen molar-refractivity contribution in [3.63, 3.8) is 0 Å².